The average molecular weight is 639 g/mol. The number of carbonyl (C=O) groups excluding carboxylic acids is 1. The standard InChI is InChI=1S/C30H27F5N2O6S/c31-24-6-2-5-23(28(24)32)19-7-9-26-25(15-19)37(44(41,42)22-4-1-3-20(16-22)30(33,34)35)17-21(43-26)8-10-27(38)36-13-11-18(12-14-36)29(39)40/h1-7,9,15-16,18,21H,8,10-14,17H2,(H,39,40)/t21-/m0/s1. The molecule has 0 unspecified atom stereocenters. The summed E-state index contributed by atoms with van der Waals surface area (Å²) in [6, 6.07) is 10.7. The maximum absolute atomic E-state index is 14.6. The Bertz CT molecular complexity index is 1690. The number of sulfonamides is 1. The normalized spacial score (nSPS) is 17.6. The van der Waals surface area contributed by atoms with Crippen LogP contribution in [0.1, 0.15) is 31.2 Å². The lowest BCUT2D eigenvalue weighted by Gasteiger charge is -2.36. The molecular formula is C30H27F5N2O6S. The largest absolute Gasteiger partial charge is 0.486 e. The van der Waals surface area contributed by atoms with Gasteiger partial charge in [-0.2, -0.15) is 13.2 Å². The molecule has 0 radical (unpaired) electrons. The molecule has 8 nitrogen and oxygen atoms in total. The Morgan fingerprint density at radius 3 is 2.36 bits per heavy atom. The predicted octanol–water partition coefficient (Wildman–Crippen LogP) is 5.71. The molecule has 3 aromatic rings. The maximum Gasteiger partial charge on any atom is 0.416 e. The van der Waals surface area contributed by atoms with Gasteiger partial charge in [-0.05, 0) is 61.2 Å². The van der Waals surface area contributed by atoms with E-state index in [4.69, 9.17) is 4.74 Å². The van der Waals surface area contributed by atoms with Gasteiger partial charge in [0.1, 0.15) is 11.9 Å². The van der Waals surface area contributed by atoms with Crippen LogP contribution in [0.2, 0.25) is 0 Å². The van der Waals surface area contributed by atoms with Crippen LogP contribution in [-0.4, -0.2) is 56.0 Å². The molecule has 2 aliphatic rings. The number of hydrogen-bond acceptors (Lipinski definition) is 5. The molecule has 1 N–H and O–H groups in total. The number of alkyl halides is 3. The Balaban J connectivity index is 1.45. The Labute approximate surface area is 249 Å². The van der Waals surface area contributed by atoms with Crippen LogP contribution in [0.4, 0.5) is 27.6 Å². The van der Waals surface area contributed by atoms with Crippen molar-refractivity contribution in [3.63, 3.8) is 0 Å². The average Bonchev–Trinajstić information content (AvgIpc) is 3.00. The molecule has 2 heterocycles. The molecule has 0 spiro atoms. The molecule has 3 aromatic carbocycles. The fourth-order valence-corrected chi connectivity index (χ4v) is 6.91. The minimum Gasteiger partial charge on any atom is -0.486 e. The molecule has 1 amide bonds. The first-order valence-corrected chi connectivity index (χ1v) is 15.2. The summed E-state index contributed by atoms with van der Waals surface area (Å²) in [6.45, 7) is 0.147. The Morgan fingerprint density at radius 2 is 1.68 bits per heavy atom. The second-order valence-corrected chi connectivity index (χ2v) is 12.5. The highest BCUT2D eigenvalue weighted by Gasteiger charge is 2.38. The fraction of sp³-hybridized carbons (Fsp3) is 0.333. The molecule has 1 atom stereocenters. The molecular weight excluding hydrogens is 611 g/mol. The van der Waals surface area contributed by atoms with Gasteiger partial charge < -0.3 is 14.7 Å². The lowest BCUT2D eigenvalue weighted by molar-refractivity contribution is -0.145. The minimum atomic E-state index is -4.81. The number of carboxylic acids is 1. The number of amides is 1. The van der Waals surface area contributed by atoms with Crippen LogP contribution in [0.15, 0.2) is 65.6 Å². The number of carbonyl (C=O) groups is 2. The van der Waals surface area contributed by atoms with E-state index in [1.165, 1.54) is 35.2 Å². The van der Waals surface area contributed by atoms with Crippen molar-refractivity contribution in [1.82, 2.24) is 4.90 Å². The number of benzene rings is 3. The number of piperidine rings is 1. The van der Waals surface area contributed by atoms with Crippen LogP contribution in [0, 0.1) is 17.6 Å². The highest BCUT2D eigenvalue weighted by Crippen LogP contribution is 2.42. The molecule has 0 aromatic heterocycles. The molecule has 0 saturated carbocycles. The highest BCUT2D eigenvalue weighted by molar-refractivity contribution is 7.92. The van der Waals surface area contributed by atoms with E-state index >= 15 is 0 Å². The van der Waals surface area contributed by atoms with Crippen molar-refractivity contribution in [2.45, 2.75) is 42.9 Å². The third kappa shape index (κ3) is 6.35. The number of halogens is 5. The Hall–Kier alpha value is -4.20. The van der Waals surface area contributed by atoms with Gasteiger partial charge in [0.2, 0.25) is 5.91 Å². The molecule has 44 heavy (non-hydrogen) atoms. The van der Waals surface area contributed by atoms with E-state index < -0.39 is 56.3 Å². The van der Waals surface area contributed by atoms with E-state index in [2.05, 4.69) is 0 Å². The van der Waals surface area contributed by atoms with Crippen molar-refractivity contribution >= 4 is 27.6 Å². The van der Waals surface area contributed by atoms with E-state index in [-0.39, 0.29) is 60.9 Å². The summed E-state index contributed by atoms with van der Waals surface area (Å²) >= 11 is 0. The number of nitrogens with zero attached hydrogens (tertiary/aromatic N) is 2. The van der Waals surface area contributed by atoms with E-state index in [1.807, 2.05) is 0 Å². The molecule has 1 fully saturated rings. The van der Waals surface area contributed by atoms with Gasteiger partial charge in [-0.15, -0.1) is 0 Å². The monoisotopic (exact) mass is 638 g/mol. The van der Waals surface area contributed by atoms with Gasteiger partial charge in [0.05, 0.1) is 28.6 Å². The summed E-state index contributed by atoms with van der Waals surface area (Å²) in [6.07, 6.45) is -5.08. The third-order valence-electron chi connectivity index (χ3n) is 7.78. The molecule has 0 aliphatic carbocycles. The number of fused-ring (bicyclic) bond motifs is 1. The zero-order valence-corrected chi connectivity index (χ0v) is 23.9. The first-order valence-electron chi connectivity index (χ1n) is 13.7. The number of likely N-dealkylation sites (tertiary alicyclic amines) is 1. The van der Waals surface area contributed by atoms with Crippen LogP contribution < -0.4 is 9.04 Å². The second-order valence-electron chi connectivity index (χ2n) is 10.6. The maximum atomic E-state index is 14.6. The zero-order valence-electron chi connectivity index (χ0n) is 23.1. The smallest absolute Gasteiger partial charge is 0.416 e. The van der Waals surface area contributed by atoms with Gasteiger partial charge in [-0.1, -0.05) is 24.3 Å². The molecule has 5 rings (SSSR count). The number of hydrogen-bond donors (Lipinski definition) is 1. The third-order valence-corrected chi connectivity index (χ3v) is 9.56. The number of anilines is 1. The van der Waals surface area contributed by atoms with Gasteiger partial charge in [0.25, 0.3) is 10.0 Å². The van der Waals surface area contributed by atoms with Crippen molar-refractivity contribution in [3.8, 4) is 16.9 Å². The number of rotatable bonds is 7. The lowest BCUT2D eigenvalue weighted by atomic mass is 9.97. The summed E-state index contributed by atoms with van der Waals surface area (Å²) in [5.41, 5.74) is -1.33. The van der Waals surface area contributed by atoms with E-state index in [9.17, 15) is 45.1 Å². The highest BCUT2D eigenvalue weighted by atomic mass is 32.2. The molecule has 0 bridgehead atoms. The molecule has 2 aliphatic heterocycles. The second kappa shape index (κ2) is 12.1. The quantitative estimate of drug-likeness (QED) is 0.333. The number of carboxylic acid groups (broad SMARTS) is 1. The minimum absolute atomic E-state index is 0.0204. The van der Waals surface area contributed by atoms with Crippen molar-refractivity contribution in [3.05, 3.63) is 77.9 Å². The molecule has 234 valence electrons. The van der Waals surface area contributed by atoms with Gasteiger partial charge in [-0.3, -0.25) is 13.9 Å². The van der Waals surface area contributed by atoms with Crippen molar-refractivity contribution in [2.75, 3.05) is 23.9 Å². The van der Waals surface area contributed by atoms with Gasteiger partial charge in [-0.25, -0.2) is 17.2 Å². The summed E-state index contributed by atoms with van der Waals surface area (Å²) in [4.78, 5) is 25.0. The predicted molar refractivity (Wildman–Crippen MR) is 148 cm³/mol. The zero-order chi connectivity index (χ0) is 31.8. The first-order chi connectivity index (χ1) is 20.8. The van der Waals surface area contributed by atoms with Crippen LogP contribution in [0.3, 0.4) is 0 Å². The summed E-state index contributed by atoms with van der Waals surface area (Å²) in [5, 5.41) is 9.19. The first kappa shape index (κ1) is 31.2. The number of ether oxygens (including phenoxy) is 1. The van der Waals surface area contributed by atoms with Crippen molar-refractivity contribution < 1.29 is 49.8 Å². The van der Waals surface area contributed by atoms with E-state index in [1.54, 1.807) is 0 Å². The topological polar surface area (TPSA) is 104 Å². The van der Waals surface area contributed by atoms with Crippen LogP contribution in [0.5, 0.6) is 5.75 Å². The van der Waals surface area contributed by atoms with Crippen LogP contribution >= 0.6 is 0 Å². The van der Waals surface area contributed by atoms with Crippen LogP contribution in [0.25, 0.3) is 11.1 Å². The summed E-state index contributed by atoms with van der Waals surface area (Å²) in [7, 11) is -4.65. The van der Waals surface area contributed by atoms with Crippen LogP contribution in [-0.2, 0) is 25.8 Å². The van der Waals surface area contributed by atoms with E-state index in [0.717, 1.165) is 28.6 Å². The molecule has 14 heteroatoms. The Morgan fingerprint density at radius 1 is 0.977 bits per heavy atom. The number of aliphatic carboxylic acids is 1. The summed E-state index contributed by atoms with van der Waals surface area (Å²) in [5.74, 6) is -3.99. The summed E-state index contributed by atoms with van der Waals surface area (Å²) < 4.78 is 103. The van der Waals surface area contributed by atoms with E-state index in [0.29, 0.717) is 18.9 Å². The SMILES string of the molecule is O=C(O)C1CCN(C(=O)CC[C@H]2CN(S(=O)(=O)c3cccc(C(F)(F)F)c3)c3cc(-c4cccc(F)c4F)ccc3O2)CC1. The van der Waals surface area contributed by atoms with Crippen molar-refractivity contribution in [2.24, 2.45) is 5.92 Å². The fourth-order valence-electron chi connectivity index (χ4n) is 5.36. The van der Waals surface area contributed by atoms with Gasteiger partial charge in [0.15, 0.2) is 11.6 Å². The van der Waals surface area contributed by atoms with Gasteiger partial charge in [0, 0.05) is 25.1 Å². The Kier molecular flexibility index (Phi) is 8.56. The molecule has 1 saturated heterocycles. The van der Waals surface area contributed by atoms with Gasteiger partial charge >= 0.3 is 12.1 Å². The lowest BCUT2D eigenvalue weighted by Crippen LogP contribution is -2.44. The van der Waals surface area contributed by atoms with Crippen molar-refractivity contribution in [1.29, 1.82) is 0 Å².